The number of nitriles is 1. The van der Waals surface area contributed by atoms with Crippen molar-refractivity contribution in [1.82, 2.24) is 0 Å². The Morgan fingerprint density at radius 3 is 2.30 bits per heavy atom. The molecule has 1 saturated heterocycles. The van der Waals surface area contributed by atoms with Gasteiger partial charge in [-0.2, -0.15) is 10.4 Å². The molecule has 0 bridgehead atoms. The van der Waals surface area contributed by atoms with Gasteiger partial charge in [-0.15, -0.1) is 0 Å². The summed E-state index contributed by atoms with van der Waals surface area (Å²) in [5, 5.41) is 24.4. The average molecular weight is 369 g/mol. The van der Waals surface area contributed by atoms with Crippen LogP contribution in [0.2, 0.25) is 0 Å². The largest absolute Gasteiger partial charge is 0.494 e. The molecule has 1 aromatic rings. The van der Waals surface area contributed by atoms with Crippen LogP contribution in [-0.2, 0) is 14.1 Å². The molecule has 3 rings (SSSR count). The molecule has 0 saturated carbocycles. The van der Waals surface area contributed by atoms with Crippen molar-refractivity contribution in [3.63, 3.8) is 0 Å². The molecular weight excluding hydrogens is 345 g/mol. The predicted octanol–water partition coefficient (Wildman–Crippen LogP) is 2.16. The maximum atomic E-state index is 11.2. The molecule has 1 aromatic carbocycles. The van der Waals surface area contributed by atoms with Crippen LogP contribution in [0.25, 0.3) is 0 Å². The molecule has 2 heterocycles. The van der Waals surface area contributed by atoms with E-state index in [0.29, 0.717) is 5.71 Å². The molecule has 2 aliphatic rings. The molecule has 8 heteroatoms. The molecule has 0 radical (unpaired) electrons. The lowest BCUT2D eigenvalue weighted by molar-refractivity contribution is -0.137. The van der Waals surface area contributed by atoms with Crippen molar-refractivity contribution < 1.29 is 19.2 Å². The third-order valence-electron chi connectivity index (χ3n) is 5.72. The van der Waals surface area contributed by atoms with Crippen molar-refractivity contribution in [2.24, 2.45) is 11.0 Å². The zero-order valence-corrected chi connectivity index (χ0v) is 16.3. The topological polar surface area (TPSA) is 95.2 Å². The minimum absolute atomic E-state index is 0.0885. The van der Waals surface area contributed by atoms with Gasteiger partial charge in [0.2, 0.25) is 0 Å². The lowest BCUT2D eigenvalue weighted by Gasteiger charge is -2.32. The summed E-state index contributed by atoms with van der Waals surface area (Å²) in [4.78, 5) is 11.2. The summed E-state index contributed by atoms with van der Waals surface area (Å²) in [6.07, 6.45) is -0.0885. The number of anilines is 1. The molecule has 0 aromatic heterocycles. The highest BCUT2D eigenvalue weighted by Gasteiger charge is 2.51. The smallest absolute Gasteiger partial charge is 0.481 e. The normalized spacial score (nSPS) is 26.0. The molecular formula is C19H24BN3O4. The van der Waals surface area contributed by atoms with Gasteiger partial charge in [-0.3, -0.25) is 9.80 Å². The maximum Gasteiger partial charge on any atom is 0.494 e. The van der Waals surface area contributed by atoms with Gasteiger partial charge in [0.15, 0.2) is 0 Å². The number of carboxylic acid groups (broad SMARTS) is 1. The Bertz CT molecular complexity index is 797. The molecule has 1 fully saturated rings. The van der Waals surface area contributed by atoms with Crippen LogP contribution in [-0.4, -0.2) is 41.1 Å². The summed E-state index contributed by atoms with van der Waals surface area (Å²) in [6.45, 7) is 9.83. The predicted molar refractivity (Wildman–Crippen MR) is 103 cm³/mol. The highest BCUT2D eigenvalue weighted by molar-refractivity contribution is 6.62. The van der Waals surface area contributed by atoms with Gasteiger partial charge in [-0.25, -0.2) is 0 Å². The lowest BCUT2D eigenvalue weighted by atomic mass is 9.79. The van der Waals surface area contributed by atoms with E-state index < -0.39 is 24.3 Å². The van der Waals surface area contributed by atoms with Crippen molar-refractivity contribution in [3.8, 4) is 6.07 Å². The minimum atomic E-state index is -0.917. The van der Waals surface area contributed by atoms with Gasteiger partial charge in [0.1, 0.15) is 11.8 Å². The van der Waals surface area contributed by atoms with E-state index in [1.54, 1.807) is 5.01 Å². The van der Waals surface area contributed by atoms with E-state index in [1.807, 2.05) is 58.9 Å². The first-order chi connectivity index (χ1) is 12.6. The van der Waals surface area contributed by atoms with Gasteiger partial charge in [0, 0.05) is 5.92 Å². The van der Waals surface area contributed by atoms with Crippen LogP contribution in [0.1, 0.15) is 41.0 Å². The summed E-state index contributed by atoms with van der Waals surface area (Å²) in [6, 6.07) is 9.16. The third kappa shape index (κ3) is 3.45. The third-order valence-corrected chi connectivity index (χ3v) is 5.72. The number of hydrogen-bond donors (Lipinski definition) is 1. The van der Waals surface area contributed by atoms with E-state index in [1.165, 1.54) is 0 Å². The van der Waals surface area contributed by atoms with Crippen LogP contribution in [0, 0.1) is 17.2 Å². The second-order valence-electron chi connectivity index (χ2n) is 8.08. The number of carbonyl (C=O) groups is 1. The summed E-state index contributed by atoms with van der Waals surface area (Å²) in [5.74, 6) is -1.16. The van der Waals surface area contributed by atoms with Crippen molar-refractivity contribution in [1.29, 1.82) is 5.26 Å². The fraction of sp³-hybridized carbons (Fsp3) is 0.526. The summed E-state index contributed by atoms with van der Waals surface area (Å²) < 4.78 is 12.1. The van der Waals surface area contributed by atoms with E-state index >= 15 is 0 Å². The van der Waals surface area contributed by atoms with Crippen LogP contribution in [0.3, 0.4) is 0 Å². The Hall–Kier alpha value is -2.37. The van der Waals surface area contributed by atoms with Crippen molar-refractivity contribution >= 4 is 29.9 Å². The number of hydrazone groups is 1. The molecule has 2 atom stereocenters. The van der Waals surface area contributed by atoms with Gasteiger partial charge in [-0.1, -0.05) is 19.1 Å². The second kappa shape index (κ2) is 6.66. The van der Waals surface area contributed by atoms with E-state index in [0.717, 1.165) is 11.2 Å². The highest BCUT2D eigenvalue weighted by Crippen LogP contribution is 2.37. The fourth-order valence-corrected chi connectivity index (χ4v) is 3.25. The summed E-state index contributed by atoms with van der Waals surface area (Å²) in [5.41, 5.74) is 1.12. The van der Waals surface area contributed by atoms with Gasteiger partial charge >= 0.3 is 13.1 Å². The van der Waals surface area contributed by atoms with Crippen LogP contribution < -0.4 is 10.5 Å². The van der Waals surface area contributed by atoms with Crippen molar-refractivity contribution in [2.75, 3.05) is 5.01 Å². The van der Waals surface area contributed by atoms with Gasteiger partial charge in [-0.05, 0) is 45.3 Å². The van der Waals surface area contributed by atoms with Gasteiger partial charge in [0.25, 0.3) is 0 Å². The quantitative estimate of drug-likeness (QED) is 0.818. The zero-order chi connectivity index (χ0) is 20.0. The Kier molecular flexibility index (Phi) is 4.79. The molecule has 1 N–H and O–H groups in total. The lowest BCUT2D eigenvalue weighted by Crippen LogP contribution is -2.41. The molecule has 0 spiro atoms. The number of benzene rings is 1. The maximum absolute atomic E-state index is 11.2. The van der Waals surface area contributed by atoms with Gasteiger partial charge in [0.05, 0.1) is 29.4 Å². The van der Waals surface area contributed by atoms with E-state index in [9.17, 15) is 15.2 Å². The fourth-order valence-electron chi connectivity index (χ4n) is 3.25. The monoisotopic (exact) mass is 369 g/mol. The van der Waals surface area contributed by atoms with Crippen LogP contribution in [0.4, 0.5) is 5.69 Å². The first kappa shape index (κ1) is 19.4. The summed E-state index contributed by atoms with van der Waals surface area (Å²) >= 11 is 0. The van der Waals surface area contributed by atoms with Crippen LogP contribution in [0.15, 0.2) is 29.4 Å². The number of aliphatic carboxylic acids is 1. The average Bonchev–Trinajstić information content (AvgIpc) is 3.00. The number of rotatable bonds is 4. The standard InChI is InChI=1S/C19H24BN3O4/c1-12-15(11-21)22-23(16(12)10-17(24)25)14-8-6-13(7-9-14)20-26-18(2,3)19(4,5)27-20/h6-9,12,16H,10H2,1-5H3,(H,24,25)/t12-,16+/m0/s1. The first-order valence-corrected chi connectivity index (χ1v) is 9.01. The van der Waals surface area contributed by atoms with Crippen LogP contribution in [0.5, 0.6) is 0 Å². The molecule has 0 aliphatic carbocycles. The minimum Gasteiger partial charge on any atom is -0.481 e. The Morgan fingerprint density at radius 2 is 1.81 bits per heavy atom. The Balaban J connectivity index is 1.84. The Labute approximate surface area is 159 Å². The number of hydrogen-bond acceptors (Lipinski definition) is 6. The molecule has 142 valence electrons. The van der Waals surface area contributed by atoms with Crippen LogP contribution >= 0.6 is 0 Å². The zero-order valence-electron chi connectivity index (χ0n) is 16.3. The molecule has 2 aliphatic heterocycles. The van der Waals surface area contributed by atoms with E-state index in [4.69, 9.17) is 9.31 Å². The van der Waals surface area contributed by atoms with Crippen molar-refractivity contribution in [2.45, 2.75) is 58.3 Å². The SMILES string of the molecule is C[C@H]1C(C#N)=NN(c2ccc(B3OC(C)(C)C(C)(C)O3)cc2)[C@@H]1CC(=O)O. The van der Waals surface area contributed by atoms with E-state index in [-0.39, 0.29) is 18.4 Å². The van der Waals surface area contributed by atoms with E-state index in [2.05, 4.69) is 11.2 Å². The molecule has 7 nitrogen and oxygen atoms in total. The van der Waals surface area contributed by atoms with Crippen molar-refractivity contribution in [3.05, 3.63) is 24.3 Å². The molecule has 0 amide bonds. The molecule has 0 unspecified atom stereocenters. The molecule has 27 heavy (non-hydrogen) atoms. The number of nitrogens with zero attached hydrogens (tertiary/aromatic N) is 3. The highest BCUT2D eigenvalue weighted by atomic mass is 16.7. The number of carboxylic acids is 1. The second-order valence-corrected chi connectivity index (χ2v) is 8.08. The Morgan fingerprint density at radius 1 is 1.26 bits per heavy atom. The summed E-state index contributed by atoms with van der Waals surface area (Å²) in [7, 11) is -0.463. The van der Waals surface area contributed by atoms with Gasteiger partial charge < -0.3 is 14.4 Å². The first-order valence-electron chi connectivity index (χ1n) is 9.01.